The summed E-state index contributed by atoms with van der Waals surface area (Å²) in [7, 11) is 0. The van der Waals surface area contributed by atoms with Gasteiger partial charge in [-0.3, -0.25) is 4.79 Å². The van der Waals surface area contributed by atoms with Crippen LogP contribution in [0.5, 0.6) is 0 Å². The lowest BCUT2D eigenvalue weighted by Gasteiger charge is -1.95. The van der Waals surface area contributed by atoms with E-state index < -0.39 is 11.9 Å². The quantitative estimate of drug-likeness (QED) is 0.539. The van der Waals surface area contributed by atoms with Crippen molar-refractivity contribution in [3.63, 3.8) is 0 Å². The summed E-state index contributed by atoms with van der Waals surface area (Å²) < 4.78 is 13.1. The molecule has 0 amide bonds. The Balaban J connectivity index is 3.08. The highest BCUT2D eigenvalue weighted by atomic mass is 19.1. The average Bonchev–Trinajstić information content (AvgIpc) is 2.16. The van der Waals surface area contributed by atoms with Crippen molar-refractivity contribution in [3.05, 3.63) is 35.1 Å². The van der Waals surface area contributed by atoms with E-state index >= 15 is 0 Å². The summed E-state index contributed by atoms with van der Waals surface area (Å²) in [6.45, 7) is 1.48. The molecule has 1 rings (SSSR count). The van der Waals surface area contributed by atoms with Crippen LogP contribution in [0, 0.1) is 17.7 Å². The Morgan fingerprint density at radius 2 is 2.29 bits per heavy atom. The van der Waals surface area contributed by atoms with Crippen LogP contribution in [0.1, 0.15) is 22.8 Å². The maximum atomic E-state index is 13.1. The van der Waals surface area contributed by atoms with Crippen LogP contribution in [-0.4, -0.2) is 17.5 Å². The third kappa shape index (κ3) is 2.68. The second-order valence-electron chi connectivity index (χ2n) is 2.80. The maximum absolute atomic E-state index is 13.1. The molecule has 0 aliphatic heterocycles. The van der Waals surface area contributed by atoms with Crippen LogP contribution in [0.3, 0.4) is 0 Å². The predicted molar refractivity (Wildman–Crippen MR) is 50.3 cm³/mol. The molecule has 1 atom stereocenters. The summed E-state index contributed by atoms with van der Waals surface area (Å²) in [5.41, 5.74) is 0.483. The number of carbonyl (C=O) groups is 1. The van der Waals surface area contributed by atoms with E-state index in [1.54, 1.807) is 0 Å². The Labute approximate surface area is 81.4 Å². The maximum Gasteiger partial charge on any atom is 0.150 e. The number of aldehydes is 1. The van der Waals surface area contributed by atoms with Crippen molar-refractivity contribution in [3.8, 4) is 11.8 Å². The monoisotopic (exact) mass is 192 g/mol. The number of benzene rings is 1. The summed E-state index contributed by atoms with van der Waals surface area (Å²) >= 11 is 0. The molecule has 0 unspecified atom stereocenters. The van der Waals surface area contributed by atoms with Crippen molar-refractivity contribution >= 4 is 6.29 Å². The van der Waals surface area contributed by atoms with Gasteiger partial charge in [0.25, 0.3) is 0 Å². The molecule has 0 aliphatic rings. The zero-order valence-corrected chi connectivity index (χ0v) is 7.62. The number of aliphatic hydroxyl groups excluding tert-OH is 1. The van der Waals surface area contributed by atoms with Crippen LogP contribution >= 0.6 is 0 Å². The van der Waals surface area contributed by atoms with Crippen LogP contribution in [0.2, 0.25) is 0 Å². The standard InChI is InChI=1S/C11H9FO2/c1-8(14)2-4-10-6-9(7-13)3-5-11(10)12/h3,5-8,14H,1H3/t8-/m1/s1. The van der Waals surface area contributed by atoms with Gasteiger partial charge in [0, 0.05) is 5.56 Å². The van der Waals surface area contributed by atoms with Gasteiger partial charge in [0.2, 0.25) is 0 Å². The van der Waals surface area contributed by atoms with Gasteiger partial charge in [-0.1, -0.05) is 11.8 Å². The van der Waals surface area contributed by atoms with Crippen LogP contribution in [0.15, 0.2) is 18.2 Å². The normalized spacial score (nSPS) is 11.4. The summed E-state index contributed by atoms with van der Waals surface area (Å²) in [6.07, 6.45) is -0.193. The van der Waals surface area contributed by atoms with E-state index in [1.165, 1.54) is 25.1 Å². The average molecular weight is 192 g/mol. The first-order valence-electron chi connectivity index (χ1n) is 4.08. The zero-order chi connectivity index (χ0) is 10.6. The fraction of sp³-hybridized carbons (Fsp3) is 0.182. The number of halogens is 1. The molecule has 0 fully saturated rings. The van der Waals surface area contributed by atoms with E-state index in [0.717, 1.165) is 0 Å². The van der Waals surface area contributed by atoms with Gasteiger partial charge in [-0.15, -0.1) is 0 Å². The molecule has 0 aliphatic carbocycles. The Kier molecular flexibility index (Phi) is 3.38. The SMILES string of the molecule is C[C@@H](O)C#Cc1cc(C=O)ccc1F. The van der Waals surface area contributed by atoms with Gasteiger partial charge in [0.1, 0.15) is 18.2 Å². The fourth-order valence-corrected chi connectivity index (χ4v) is 0.894. The van der Waals surface area contributed by atoms with E-state index in [0.29, 0.717) is 11.8 Å². The van der Waals surface area contributed by atoms with Gasteiger partial charge in [0.15, 0.2) is 0 Å². The number of hydrogen-bond acceptors (Lipinski definition) is 2. The Hall–Kier alpha value is -1.66. The van der Waals surface area contributed by atoms with Crippen LogP contribution in [-0.2, 0) is 0 Å². The lowest BCUT2D eigenvalue weighted by Crippen LogP contribution is -1.94. The number of rotatable bonds is 1. The highest BCUT2D eigenvalue weighted by molar-refractivity contribution is 5.75. The van der Waals surface area contributed by atoms with Gasteiger partial charge < -0.3 is 5.11 Å². The Morgan fingerprint density at radius 3 is 2.86 bits per heavy atom. The molecule has 1 aromatic carbocycles. The first kappa shape index (κ1) is 10.4. The van der Waals surface area contributed by atoms with Crippen LogP contribution in [0.4, 0.5) is 4.39 Å². The van der Waals surface area contributed by atoms with Crippen molar-refractivity contribution < 1.29 is 14.3 Å². The van der Waals surface area contributed by atoms with E-state index in [9.17, 15) is 9.18 Å². The first-order valence-corrected chi connectivity index (χ1v) is 4.08. The van der Waals surface area contributed by atoms with Crippen LogP contribution in [0.25, 0.3) is 0 Å². The van der Waals surface area contributed by atoms with Gasteiger partial charge in [0.05, 0.1) is 5.56 Å². The molecule has 3 heteroatoms. The Bertz CT molecular complexity index is 399. The highest BCUT2D eigenvalue weighted by Crippen LogP contribution is 2.07. The van der Waals surface area contributed by atoms with E-state index in [1.807, 2.05) is 0 Å². The van der Waals surface area contributed by atoms with E-state index in [-0.39, 0.29) is 5.56 Å². The third-order valence-corrected chi connectivity index (χ3v) is 1.54. The van der Waals surface area contributed by atoms with Gasteiger partial charge in [-0.05, 0) is 25.1 Å². The molecule has 0 aromatic heterocycles. The first-order chi connectivity index (χ1) is 6.63. The topological polar surface area (TPSA) is 37.3 Å². The van der Waals surface area contributed by atoms with Gasteiger partial charge in [-0.2, -0.15) is 0 Å². The van der Waals surface area contributed by atoms with Crippen molar-refractivity contribution in [1.82, 2.24) is 0 Å². The van der Waals surface area contributed by atoms with Crippen molar-refractivity contribution in [1.29, 1.82) is 0 Å². The largest absolute Gasteiger partial charge is 0.381 e. The van der Waals surface area contributed by atoms with Crippen LogP contribution < -0.4 is 0 Å². The molecular formula is C11H9FO2. The number of hydrogen-bond donors (Lipinski definition) is 1. The molecule has 1 N–H and O–H groups in total. The van der Waals surface area contributed by atoms with Crippen molar-refractivity contribution in [2.24, 2.45) is 0 Å². The minimum atomic E-state index is -0.811. The predicted octanol–water partition coefficient (Wildman–Crippen LogP) is 1.37. The summed E-state index contributed by atoms with van der Waals surface area (Å²) in [6, 6.07) is 3.89. The lowest BCUT2D eigenvalue weighted by molar-refractivity contribution is 0.112. The summed E-state index contributed by atoms with van der Waals surface area (Å²) in [5, 5.41) is 8.87. The molecule has 0 radical (unpaired) electrons. The second-order valence-corrected chi connectivity index (χ2v) is 2.80. The van der Waals surface area contributed by atoms with Gasteiger partial charge >= 0.3 is 0 Å². The van der Waals surface area contributed by atoms with Crippen molar-refractivity contribution in [2.75, 3.05) is 0 Å². The molecule has 72 valence electrons. The zero-order valence-electron chi connectivity index (χ0n) is 7.62. The molecular weight excluding hydrogens is 183 g/mol. The number of carbonyl (C=O) groups excluding carboxylic acids is 1. The molecule has 1 aromatic rings. The minimum absolute atomic E-state index is 0.121. The van der Waals surface area contributed by atoms with E-state index in [2.05, 4.69) is 11.8 Å². The van der Waals surface area contributed by atoms with E-state index in [4.69, 9.17) is 5.11 Å². The highest BCUT2D eigenvalue weighted by Gasteiger charge is 2.00. The number of aliphatic hydroxyl groups is 1. The molecule has 0 bridgehead atoms. The molecule has 0 saturated heterocycles. The summed E-state index contributed by atoms with van der Waals surface area (Å²) in [5.74, 6) is 4.36. The third-order valence-electron chi connectivity index (χ3n) is 1.54. The molecule has 2 nitrogen and oxygen atoms in total. The minimum Gasteiger partial charge on any atom is -0.381 e. The van der Waals surface area contributed by atoms with Gasteiger partial charge in [-0.25, -0.2) is 4.39 Å². The second kappa shape index (κ2) is 4.54. The molecule has 14 heavy (non-hydrogen) atoms. The molecule has 0 spiro atoms. The lowest BCUT2D eigenvalue weighted by atomic mass is 10.1. The summed E-state index contributed by atoms with van der Waals surface area (Å²) in [4.78, 5) is 10.4. The van der Waals surface area contributed by atoms with Crippen molar-refractivity contribution in [2.45, 2.75) is 13.0 Å². The Morgan fingerprint density at radius 1 is 1.57 bits per heavy atom. The smallest absolute Gasteiger partial charge is 0.150 e. The fourth-order valence-electron chi connectivity index (χ4n) is 0.894. The molecule has 0 heterocycles. The molecule has 0 saturated carbocycles.